The molecule has 3 rings (SSSR count). The number of para-hydroxylation sites is 1. The van der Waals surface area contributed by atoms with Gasteiger partial charge in [-0.2, -0.15) is 8.78 Å². The monoisotopic (exact) mass is 412 g/mol. The van der Waals surface area contributed by atoms with Gasteiger partial charge in [-0.3, -0.25) is 9.59 Å². The van der Waals surface area contributed by atoms with Crippen molar-refractivity contribution in [3.63, 3.8) is 0 Å². The van der Waals surface area contributed by atoms with E-state index < -0.39 is 18.4 Å². The Morgan fingerprint density at radius 1 is 0.967 bits per heavy atom. The quantitative estimate of drug-likeness (QED) is 0.580. The van der Waals surface area contributed by atoms with Crippen molar-refractivity contribution in [3.05, 3.63) is 89.5 Å². The number of halogens is 2. The molecule has 0 aliphatic heterocycles. The molecule has 30 heavy (non-hydrogen) atoms. The summed E-state index contributed by atoms with van der Waals surface area (Å²) in [5.74, 6) is -0.742. The number of hydrogen-bond acceptors (Lipinski definition) is 4. The summed E-state index contributed by atoms with van der Waals surface area (Å²) in [7, 11) is 0. The summed E-state index contributed by atoms with van der Waals surface area (Å²) < 4.78 is 34.7. The lowest BCUT2D eigenvalue weighted by Gasteiger charge is -2.11. The lowest BCUT2D eigenvalue weighted by molar-refractivity contribution is -0.0498. The molecule has 0 aliphatic rings. The SMILES string of the molecule is NC(=O)c1ccccc1OCc1cccc(C(=O)Nc2cccc(OC(F)F)c2)c1. The lowest BCUT2D eigenvalue weighted by atomic mass is 10.1. The molecule has 8 heteroatoms. The number of alkyl halides is 2. The molecule has 0 heterocycles. The van der Waals surface area contributed by atoms with Crippen LogP contribution in [0.25, 0.3) is 0 Å². The van der Waals surface area contributed by atoms with E-state index in [9.17, 15) is 18.4 Å². The molecule has 0 atom stereocenters. The van der Waals surface area contributed by atoms with E-state index in [1.165, 1.54) is 18.2 Å². The van der Waals surface area contributed by atoms with Crippen molar-refractivity contribution in [1.82, 2.24) is 0 Å². The van der Waals surface area contributed by atoms with Gasteiger partial charge in [0.25, 0.3) is 11.8 Å². The standard InChI is InChI=1S/C22H18F2N2O4/c23-22(24)30-17-8-4-7-16(12-17)26-21(28)15-6-3-5-14(11-15)13-29-19-10-2-1-9-18(19)20(25)27/h1-12,22H,13H2,(H2,25,27)(H,26,28). The molecule has 3 aromatic carbocycles. The van der Waals surface area contributed by atoms with E-state index in [0.717, 1.165) is 0 Å². The van der Waals surface area contributed by atoms with Gasteiger partial charge in [-0.15, -0.1) is 0 Å². The number of anilines is 1. The number of nitrogens with one attached hydrogen (secondary N) is 1. The molecule has 3 N–H and O–H groups in total. The number of amides is 2. The number of nitrogens with two attached hydrogens (primary N) is 1. The van der Waals surface area contributed by atoms with E-state index in [1.54, 1.807) is 54.6 Å². The van der Waals surface area contributed by atoms with Gasteiger partial charge in [0.05, 0.1) is 5.56 Å². The van der Waals surface area contributed by atoms with Crippen LogP contribution in [0.15, 0.2) is 72.8 Å². The van der Waals surface area contributed by atoms with Gasteiger partial charge < -0.3 is 20.5 Å². The zero-order valence-electron chi connectivity index (χ0n) is 15.7. The van der Waals surface area contributed by atoms with Crippen LogP contribution in [0.3, 0.4) is 0 Å². The van der Waals surface area contributed by atoms with Crippen molar-refractivity contribution < 1.29 is 27.8 Å². The Morgan fingerprint density at radius 2 is 1.73 bits per heavy atom. The number of rotatable bonds is 8. The van der Waals surface area contributed by atoms with Crippen molar-refractivity contribution in [3.8, 4) is 11.5 Å². The van der Waals surface area contributed by atoms with E-state index in [2.05, 4.69) is 10.1 Å². The van der Waals surface area contributed by atoms with Gasteiger partial charge in [0.15, 0.2) is 0 Å². The Bertz CT molecular complexity index is 1060. The first-order valence-electron chi connectivity index (χ1n) is 8.89. The minimum absolute atomic E-state index is 0.0573. The zero-order chi connectivity index (χ0) is 21.5. The Morgan fingerprint density at radius 3 is 2.50 bits per heavy atom. The number of hydrogen-bond donors (Lipinski definition) is 2. The molecule has 0 radical (unpaired) electrons. The summed E-state index contributed by atoms with van der Waals surface area (Å²) >= 11 is 0. The third kappa shape index (κ3) is 5.54. The van der Waals surface area contributed by atoms with E-state index in [1.807, 2.05) is 0 Å². The maximum Gasteiger partial charge on any atom is 0.387 e. The second kappa shape index (κ2) is 9.51. The molecule has 0 bridgehead atoms. The average Bonchev–Trinajstić information content (AvgIpc) is 2.72. The molecule has 0 unspecified atom stereocenters. The minimum atomic E-state index is -2.95. The van der Waals surface area contributed by atoms with Crippen LogP contribution in [0.5, 0.6) is 11.5 Å². The number of ether oxygens (including phenoxy) is 2. The fourth-order valence-electron chi connectivity index (χ4n) is 2.71. The summed E-state index contributed by atoms with van der Waals surface area (Å²) in [6.07, 6.45) is 0. The highest BCUT2D eigenvalue weighted by atomic mass is 19.3. The fourth-order valence-corrected chi connectivity index (χ4v) is 2.71. The molecule has 6 nitrogen and oxygen atoms in total. The van der Waals surface area contributed by atoms with E-state index in [-0.39, 0.29) is 17.9 Å². The van der Waals surface area contributed by atoms with Crippen LogP contribution in [0.4, 0.5) is 14.5 Å². The minimum Gasteiger partial charge on any atom is -0.488 e. The molecular formula is C22H18F2N2O4. The van der Waals surface area contributed by atoms with Crippen LogP contribution >= 0.6 is 0 Å². The molecule has 0 aliphatic carbocycles. The van der Waals surface area contributed by atoms with Crippen molar-refractivity contribution >= 4 is 17.5 Å². The summed E-state index contributed by atoms with van der Waals surface area (Å²) in [6.45, 7) is -2.84. The van der Waals surface area contributed by atoms with Crippen molar-refractivity contribution in [2.24, 2.45) is 5.73 Å². The number of carbonyl (C=O) groups excluding carboxylic acids is 2. The van der Waals surface area contributed by atoms with Gasteiger partial charge in [0.1, 0.15) is 18.1 Å². The summed E-state index contributed by atoms with van der Waals surface area (Å²) in [6, 6.07) is 19.0. The molecule has 0 saturated carbocycles. The average molecular weight is 412 g/mol. The topological polar surface area (TPSA) is 90.7 Å². The molecule has 0 saturated heterocycles. The molecule has 2 amide bonds. The van der Waals surface area contributed by atoms with Crippen LogP contribution in [-0.4, -0.2) is 18.4 Å². The number of carbonyl (C=O) groups is 2. The van der Waals surface area contributed by atoms with Gasteiger partial charge in [0, 0.05) is 17.3 Å². The van der Waals surface area contributed by atoms with Gasteiger partial charge in [-0.05, 0) is 42.0 Å². The van der Waals surface area contributed by atoms with E-state index in [4.69, 9.17) is 10.5 Å². The first-order chi connectivity index (χ1) is 14.4. The fraction of sp³-hybridized carbons (Fsp3) is 0.0909. The number of benzene rings is 3. The van der Waals surface area contributed by atoms with Crippen LogP contribution in [0.2, 0.25) is 0 Å². The van der Waals surface area contributed by atoms with Gasteiger partial charge >= 0.3 is 6.61 Å². The molecule has 0 aromatic heterocycles. The third-order valence-electron chi connectivity index (χ3n) is 4.05. The largest absolute Gasteiger partial charge is 0.488 e. The smallest absolute Gasteiger partial charge is 0.387 e. The van der Waals surface area contributed by atoms with Crippen molar-refractivity contribution in [2.45, 2.75) is 13.2 Å². The Kier molecular flexibility index (Phi) is 6.59. The van der Waals surface area contributed by atoms with Crippen LogP contribution in [0, 0.1) is 0 Å². The lowest BCUT2D eigenvalue weighted by Crippen LogP contribution is -2.14. The van der Waals surface area contributed by atoms with Gasteiger partial charge in [-0.1, -0.05) is 30.3 Å². The second-order valence-electron chi connectivity index (χ2n) is 6.21. The van der Waals surface area contributed by atoms with Crippen LogP contribution < -0.4 is 20.5 Å². The van der Waals surface area contributed by atoms with E-state index in [0.29, 0.717) is 22.6 Å². The van der Waals surface area contributed by atoms with E-state index >= 15 is 0 Å². The zero-order valence-corrected chi connectivity index (χ0v) is 15.7. The molecular weight excluding hydrogens is 394 g/mol. The molecule has 154 valence electrons. The van der Waals surface area contributed by atoms with Crippen molar-refractivity contribution in [1.29, 1.82) is 0 Å². The highest BCUT2D eigenvalue weighted by molar-refractivity contribution is 6.04. The van der Waals surface area contributed by atoms with Gasteiger partial charge in [-0.25, -0.2) is 0 Å². The Hall–Kier alpha value is -3.94. The second-order valence-corrected chi connectivity index (χ2v) is 6.21. The summed E-state index contributed by atoms with van der Waals surface area (Å²) in [5, 5.41) is 2.63. The molecule has 0 spiro atoms. The first-order valence-corrected chi connectivity index (χ1v) is 8.89. The Labute approximate surface area is 171 Å². The first kappa shape index (κ1) is 20.8. The highest BCUT2D eigenvalue weighted by Gasteiger charge is 2.11. The van der Waals surface area contributed by atoms with Crippen LogP contribution in [0.1, 0.15) is 26.3 Å². The van der Waals surface area contributed by atoms with Gasteiger partial charge in [0.2, 0.25) is 0 Å². The van der Waals surface area contributed by atoms with Crippen molar-refractivity contribution in [2.75, 3.05) is 5.32 Å². The number of primary amides is 1. The summed E-state index contributed by atoms with van der Waals surface area (Å²) in [4.78, 5) is 24.0. The molecule has 0 fully saturated rings. The van der Waals surface area contributed by atoms with Crippen LogP contribution in [-0.2, 0) is 6.61 Å². The highest BCUT2D eigenvalue weighted by Crippen LogP contribution is 2.21. The maximum atomic E-state index is 12.5. The Balaban J connectivity index is 1.68. The predicted molar refractivity (Wildman–Crippen MR) is 107 cm³/mol. The third-order valence-corrected chi connectivity index (χ3v) is 4.05. The molecule has 3 aromatic rings. The predicted octanol–water partition coefficient (Wildman–Crippen LogP) is 4.22. The maximum absolute atomic E-state index is 12.5. The normalized spacial score (nSPS) is 10.5. The summed E-state index contributed by atoms with van der Waals surface area (Å²) in [5.41, 5.74) is 6.95.